The number of thiophene rings is 1. The predicted octanol–water partition coefficient (Wildman–Crippen LogP) is 0.398. The molecule has 19 heavy (non-hydrogen) atoms. The van der Waals surface area contributed by atoms with E-state index in [1.807, 2.05) is 4.72 Å². The Morgan fingerprint density at radius 1 is 1.47 bits per heavy atom. The van der Waals surface area contributed by atoms with E-state index < -0.39 is 27.9 Å². The van der Waals surface area contributed by atoms with Crippen LogP contribution in [-0.2, 0) is 19.6 Å². The number of carboxylic acid groups (broad SMARTS) is 1. The Balaban J connectivity index is 2.84. The van der Waals surface area contributed by atoms with Gasteiger partial charge in [-0.2, -0.15) is 4.72 Å². The fourth-order valence-corrected chi connectivity index (χ4v) is 3.93. The average Bonchev–Trinajstić information content (AvgIpc) is 2.71. The third-order valence-corrected chi connectivity index (χ3v) is 5.28. The molecule has 0 bridgehead atoms. The fraction of sp³-hybridized carbons (Fsp3) is 0.333. The Hall–Kier alpha value is -1.16. The lowest BCUT2D eigenvalue weighted by molar-refractivity contribution is -0.139. The quantitative estimate of drug-likeness (QED) is 0.668. The van der Waals surface area contributed by atoms with Gasteiger partial charge in [0, 0.05) is 6.42 Å². The molecule has 1 unspecified atom stereocenters. The van der Waals surface area contributed by atoms with Gasteiger partial charge in [-0.15, -0.1) is 11.3 Å². The Morgan fingerprint density at radius 3 is 2.53 bits per heavy atom. The number of aliphatic carboxylic acids is 1. The fourth-order valence-electron chi connectivity index (χ4n) is 1.21. The normalized spacial score (nSPS) is 13.1. The zero-order valence-corrected chi connectivity index (χ0v) is 11.9. The number of nitrogens with one attached hydrogen (secondary N) is 1. The summed E-state index contributed by atoms with van der Waals surface area (Å²) in [6.45, 7) is 0. The van der Waals surface area contributed by atoms with Crippen molar-refractivity contribution in [2.75, 3.05) is 0 Å². The van der Waals surface area contributed by atoms with Crippen molar-refractivity contribution in [3.8, 4) is 0 Å². The van der Waals surface area contributed by atoms with E-state index in [4.69, 9.17) is 22.4 Å². The standard InChI is InChI=1S/C9H11ClN2O5S2/c10-6-2-4-8(18-6)19(16,17)12-5(9(14)15)1-3-7(11)13/h2,4-5,12H,1,3H2,(H2,11,13)(H,14,15). The van der Waals surface area contributed by atoms with Crippen LogP contribution in [0.25, 0.3) is 0 Å². The molecule has 1 heterocycles. The summed E-state index contributed by atoms with van der Waals surface area (Å²) in [5.74, 6) is -2.09. The highest BCUT2D eigenvalue weighted by molar-refractivity contribution is 7.91. The van der Waals surface area contributed by atoms with Crippen molar-refractivity contribution in [2.45, 2.75) is 23.1 Å². The molecule has 1 rings (SSSR count). The highest BCUT2D eigenvalue weighted by Crippen LogP contribution is 2.25. The summed E-state index contributed by atoms with van der Waals surface area (Å²) in [7, 11) is -3.98. The van der Waals surface area contributed by atoms with Crippen LogP contribution < -0.4 is 10.5 Å². The van der Waals surface area contributed by atoms with Gasteiger partial charge in [-0.05, 0) is 18.6 Å². The monoisotopic (exact) mass is 326 g/mol. The molecule has 0 aliphatic carbocycles. The molecule has 0 saturated carbocycles. The maximum atomic E-state index is 11.9. The molecule has 1 aromatic heterocycles. The number of carboxylic acids is 1. The molecule has 7 nitrogen and oxygen atoms in total. The molecule has 4 N–H and O–H groups in total. The summed E-state index contributed by atoms with van der Waals surface area (Å²) in [6.07, 6.45) is -0.451. The summed E-state index contributed by atoms with van der Waals surface area (Å²) >= 11 is 6.42. The van der Waals surface area contributed by atoms with E-state index in [9.17, 15) is 18.0 Å². The number of halogens is 1. The molecule has 0 fully saturated rings. The van der Waals surface area contributed by atoms with Gasteiger partial charge >= 0.3 is 5.97 Å². The van der Waals surface area contributed by atoms with Crippen molar-refractivity contribution < 1.29 is 23.1 Å². The van der Waals surface area contributed by atoms with Crippen LogP contribution in [-0.4, -0.2) is 31.4 Å². The van der Waals surface area contributed by atoms with Gasteiger partial charge < -0.3 is 10.8 Å². The zero-order chi connectivity index (χ0) is 14.6. The number of amides is 1. The maximum Gasteiger partial charge on any atom is 0.321 e. The zero-order valence-electron chi connectivity index (χ0n) is 9.50. The lowest BCUT2D eigenvalue weighted by atomic mass is 10.2. The first-order chi connectivity index (χ1) is 8.72. The van der Waals surface area contributed by atoms with Crippen LogP contribution in [0.3, 0.4) is 0 Å². The van der Waals surface area contributed by atoms with Crippen LogP contribution in [0.1, 0.15) is 12.8 Å². The molecule has 0 spiro atoms. The number of primary amides is 1. The molecular weight excluding hydrogens is 316 g/mol. The van der Waals surface area contributed by atoms with E-state index in [2.05, 4.69) is 0 Å². The van der Waals surface area contributed by atoms with E-state index >= 15 is 0 Å². The topological polar surface area (TPSA) is 127 Å². The second kappa shape index (κ2) is 6.33. The molecule has 0 radical (unpaired) electrons. The first kappa shape index (κ1) is 15.9. The number of hydrogen-bond donors (Lipinski definition) is 3. The third kappa shape index (κ3) is 4.78. The van der Waals surface area contributed by atoms with Crippen LogP contribution in [0.2, 0.25) is 4.34 Å². The smallest absolute Gasteiger partial charge is 0.321 e. The Kier molecular flexibility index (Phi) is 5.29. The predicted molar refractivity (Wildman–Crippen MR) is 69.5 cm³/mol. The summed E-state index contributed by atoms with van der Waals surface area (Å²) < 4.78 is 25.9. The largest absolute Gasteiger partial charge is 0.480 e. The summed E-state index contributed by atoms with van der Waals surface area (Å²) in [4.78, 5) is 21.5. The number of sulfonamides is 1. The van der Waals surface area contributed by atoms with Gasteiger partial charge in [-0.25, -0.2) is 8.42 Å². The lowest BCUT2D eigenvalue weighted by Gasteiger charge is -2.12. The summed E-state index contributed by atoms with van der Waals surface area (Å²) in [5, 5.41) is 8.90. The van der Waals surface area contributed by atoms with E-state index in [1.165, 1.54) is 12.1 Å². The minimum atomic E-state index is -3.98. The van der Waals surface area contributed by atoms with E-state index in [-0.39, 0.29) is 21.4 Å². The molecule has 0 aromatic carbocycles. The maximum absolute atomic E-state index is 11.9. The minimum absolute atomic E-state index is 0.0946. The second-order valence-electron chi connectivity index (χ2n) is 3.58. The van der Waals surface area contributed by atoms with E-state index in [0.717, 1.165) is 11.3 Å². The molecule has 0 saturated heterocycles. The average molecular weight is 327 g/mol. The van der Waals surface area contributed by atoms with Crippen LogP contribution in [0.4, 0.5) is 0 Å². The minimum Gasteiger partial charge on any atom is -0.480 e. The van der Waals surface area contributed by atoms with Crippen LogP contribution >= 0.6 is 22.9 Å². The van der Waals surface area contributed by atoms with Crippen molar-refractivity contribution in [2.24, 2.45) is 5.73 Å². The number of nitrogens with two attached hydrogens (primary N) is 1. The van der Waals surface area contributed by atoms with Crippen LogP contribution in [0.15, 0.2) is 16.3 Å². The van der Waals surface area contributed by atoms with Crippen molar-refractivity contribution >= 4 is 44.8 Å². The molecular formula is C9H11ClN2O5S2. The molecule has 0 aliphatic rings. The molecule has 1 atom stereocenters. The van der Waals surface area contributed by atoms with Crippen molar-refractivity contribution in [3.05, 3.63) is 16.5 Å². The number of carbonyl (C=O) groups excluding carboxylic acids is 1. The molecule has 106 valence electrons. The molecule has 1 amide bonds. The summed E-state index contributed by atoms with van der Waals surface area (Å²) in [5.41, 5.74) is 4.89. The van der Waals surface area contributed by atoms with E-state index in [1.54, 1.807) is 0 Å². The van der Waals surface area contributed by atoms with Gasteiger partial charge in [0.1, 0.15) is 10.3 Å². The first-order valence-electron chi connectivity index (χ1n) is 5.01. The van der Waals surface area contributed by atoms with E-state index in [0.29, 0.717) is 0 Å². The third-order valence-electron chi connectivity index (χ3n) is 2.09. The molecule has 0 aliphatic heterocycles. The van der Waals surface area contributed by atoms with Gasteiger partial charge in [0.15, 0.2) is 0 Å². The van der Waals surface area contributed by atoms with Gasteiger partial charge in [0.2, 0.25) is 5.91 Å². The van der Waals surface area contributed by atoms with Crippen LogP contribution in [0.5, 0.6) is 0 Å². The number of hydrogen-bond acceptors (Lipinski definition) is 5. The van der Waals surface area contributed by atoms with Crippen molar-refractivity contribution in [1.82, 2.24) is 4.72 Å². The second-order valence-corrected chi connectivity index (χ2v) is 7.23. The summed E-state index contributed by atoms with van der Waals surface area (Å²) in [6, 6.07) is 1.24. The SMILES string of the molecule is NC(=O)CCC(NS(=O)(=O)c1ccc(Cl)s1)C(=O)O. The van der Waals surface area contributed by atoms with Gasteiger partial charge in [-0.3, -0.25) is 9.59 Å². The van der Waals surface area contributed by atoms with Gasteiger partial charge in [-0.1, -0.05) is 11.6 Å². The Labute approximate surface area is 118 Å². The van der Waals surface area contributed by atoms with Gasteiger partial charge in [0.05, 0.1) is 4.34 Å². The van der Waals surface area contributed by atoms with Crippen molar-refractivity contribution in [1.29, 1.82) is 0 Å². The highest BCUT2D eigenvalue weighted by atomic mass is 35.5. The molecule has 1 aromatic rings. The Morgan fingerprint density at radius 2 is 2.11 bits per heavy atom. The molecule has 10 heteroatoms. The van der Waals surface area contributed by atoms with Crippen LogP contribution in [0, 0.1) is 0 Å². The van der Waals surface area contributed by atoms with Crippen molar-refractivity contribution in [3.63, 3.8) is 0 Å². The lowest BCUT2D eigenvalue weighted by Crippen LogP contribution is -2.41. The Bertz CT molecular complexity index is 583. The first-order valence-corrected chi connectivity index (χ1v) is 7.69. The number of rotatable bonds is 7. The number of carbonyl (C=O) groups is 2. The van der Waals surface area contributed by atoms with Gasteiger partial charge in [0.25, 0.3) is 10.0 Å². The highest BCUT2D eigenvalue weighted by Gasteiger charge is 2.26.